The Morgan fingerprint density at radius 3 is 2.05 bits per heavy atom. The number of rotatable bonds is 3. The van der Waals surface area contributed by atoms with E-state index in [0.29, 0.717) is 16.3 Å². The van der Waals surface area contributed by atoms with Crippen molar-refractivity contribution in [3.8, 4) is 0 Å². The Morgan fingerprint density at radius 1 is 1.00 bits per heavy atom. The number of carbonyl (C=O) groups is 1. The van der Waals surface area contributed by atoms with Crippen molar-refractivity contribution in [3.63, 3.8) is 0 Å². The minimum atomic E-state index is -3.73. The lowest BCUT2D eigenvalue weighted by molar-refractivity contribution is 0.102. The fraction of sp³-hybridized carbons (Fsp3) is 0. The summed E-state index contributed by atoms with van der Waals surface area (Å²) in [4.78, 5) is 11.9. The fourth-order valence-corrected chi connectivity index (χ4v) is 2.17. The molecule has 0 atom stereocenters. The van der Waals surface area contributed by atoms with Crippen LogP contribution < -0.4 is 10.5 Å². The summed E-state index contributed by atoms with van der Waals surface area (Å²) in [5.74, 6) is -0.315. The highest BCUT2D eigenvalue weighted by Crippen LogP contribution is 2.15. The lowest BCUT2D eigenvalue weighted by atomic mass is 10.2. The molecule has 0 fully saturated rings. The Kier molecular flexibility index (Phi) is 4.08. The molecular formula is C13H11ClN2O3S. The first-order valence-electron chi connectivity index (χ1n) is 5.56. The highest BCUT2D eigenvalue weighted by Gasteiger charge is 2.09. The average molecular weight is 311 g/mol. The molecule has 3 N–H and O–H groups in total. The third-order valence-electron chi connectivity index (χ3n) is 2.55. The van der Waals surface area contributed by atoms with Crippen LogP contribution in [0.5, 0.6) is 0 Å². The van der Waals surface area contributed by atoms with Crippen LogP contribution in [-0.2, 0) is 10.0 Å². The topological polar surface area (TPSA) is 89.3 Å². The van der Waals surface area contributed by atoms with Crippen molar-refractivity contribution in [1.82, 2.24) is 0 Å². The van der Waals surface area contributed by atoms with Crippen LogP contribution >= 0.6 is 11.6 Å². The van der Waals surface area contributed by atoms with Crippen LogP contribution in [-0.4, -0.2) is 14.3 Å². The lowest BCUT2D eigenvalue weighted by Crippen LogP contribution is -2.13. The number of hydrogen-bond donors (Lipinski definition) is 2. The molecule has 0 saturated carbocycles. The summed E-state index contributed by atoms with van der Waals surface area (Å²) in [5.41, 5.74) is 0.919. The Hall–Kier alpha value is -1.89. The van der Waals surface area contributed by atoms with E-state index in [2.05, 4.69) is 5.32 Å². The monoisotopic (exact) mass is 310 g/mol. The van der Waals surface area contributed by atoms with E-state index in [9.17, 15) is 13.2 Å². The molecule has 20 heavy (non-hydrogen) atoms. The normalized spacial score (nSPS) is 11.1. The summed E-state index contributed by atoms with van der Waals surface area (Å²) in [6.07, 6.45) is 0. The predicted octanol–water partition coefficient (Wildman–Crippen LogP) is 2.24. The van der Waals surface area contributed by atoms with Crippen LogP contribution in [0.15, 0.2) is 53.4 Å². The molecule has 2 aromatic rings. The number of hydrogen-bond acceptors (Lipinski definition) is 3. The van der Waals surface area contributed by atoms with Gasteiger partial charge in [0.2, 0.25) is 10.0 Å². The SMILES string of the molecule is NS(=O)(=O)c1ccc(NC(=O)c2ccc(Cl)cc2)cc1. The molecule has 104 valence electrons. The first kappa shape index (κ1) is 14.5. The third kappa shape index (κ3) is 3.57. The minimum absolute atomic E-state index is 0.0120. The summed E-state index contributed by atoms with van der Waals surface area (Å²) in [7, 11) is -3.73. The van der Waals surface area contributed by atoms with Gasteiger partial charge >= 0.3 is 0 Å². The molecule has 7 heteroatoms. The van der Waals surface area contributed by atoms with Gasteiger partial charge in [0.05, 0.1) is 4.90 Å². The van der Waals surface area contributed by atoms with Gasteiger partial charge in [0, 0.05) is 16.3 Å². The molecule has 5 nitrogen and oxygen atoms in total. The second-order valence-electron chi connectivity index (χ2n) is 4.03. The number of primary sulfonamides is 1. The van der Waals surface area contributed by atoms with E-state index in [1.807, 2.05) is 0 Å². The second-order valence-corrected chi connectivity index (χ2v) is 6.03. The van der Waals surface area contributed by atoms with Crippen molar-refractivity contribution in [2.45, 2.75) is 4.90 Å². The van der Waals surface area contributed by atoms with Gasteiger partial charge in [0.1, 0.15) is 0 Å². The number of nitrogens with one attached hydrogen (secondary N) is 1. The maximum atomic E-state index is 11.9. The molecule has 0 aliphatic heterocycles. The Morgan fingerprint density at radius 2 is 1.55 bits per heavy atom. The maximum Gasteiger partial charge on any atom is 0.255 e. The van der Waals surface area contributed by atoms with E-state index in [1.165, 1.54) is 24.3 Å². The van der Waals surface area contributed by atoms with Gasteiger partial charge < -0.3 is 5.32 Å². The molecular weight excluding hydrogens is 300 g/mol. The minimum Gasteiger partial charge on any atom is -0.322 e. The van der Waals surface area contributed by atoms with E-state index in [1.54, 1.807) is 24.3 Å². The van der Waals surface area contributed by atoms with Crippen molar-refractivity contribution in [1.29, 1.82) is 0 Å². The van der Waals surface area contributed by atoms with Crippen LogP contribution in [0.4, 0.5) is 5.69 Å². The zero-order valence-corrected chi connectivity index (χ0v) is 11.8. The first-order chi connectivity index (χ1) is 9.36. The number of halogens is 1. The predicted molar refractivity (Wildman–Crippen MR) is 77.2 cm³/mol. The molecule has 0 spiro atoms. The number of sulfonamides is 1. The molecule has 1 amide bonds. The van der Waals surface area contributed by atoms with Gasteiger partial charge in [-0.25, -0.2) is 13.6 Å². The van der Waals surface area contributed by atoms with Crippen molar-refractivity contribution >= 4 is 33.2 Å². The average Bonchev–Trinajstić information content (AvgIpc) is 2.39. The molecule has 0 aliphatic carbocycles. The first-order valence-corrected chi connectivity index (χ1v) is 7.48. The number of amides is 1. The third-order valence-corrected chi connectivity index (χ3v) is 3.73. The Labute approximate surface area is 121 Å². The molecule has 2 rings (SSSR count). The van der Waals surface area contributed by atoms with Crippen molar-refractivity contribution < 1.29 is 13.2 Å². The van der Waals surface area contributed by atoms with Crippen LogP contribution in [0.25, 0.3) is 0 Å². The van der Waals surface area contributed by atoms with E-state index in [4.69, 9.17) is 16.7 Å². The Bertz CT molecular complexity index is 725. The van der Waals surface area contributed by atoms with E-state index < -0.39 is 10.0 Å². The molecule has 0 unspecified atom stereocenters. The molecule has 0 heterocycles. The standard InChI is InChI=1S/C13H11ClN2O3S/c14-10-3-1-9(2-4-10)13(17)16-11-5-7-12(8-6-11)20(15,18)19/h1-8H,(H,16,17)(H2,15,18,19). The summed E-state index contributed by atoms with van der Waals surface area (Å²) in [5, 5.41) is 8.17. The highest BCUT2D eigenvalue weighted by atomic mass is 35.5. The van der Waals surface area contributed by atoms with E-state index in [-0.39, 0.29) is 10.8 Å². The van der Waals surface area contributed by atoms with Crippen LogP contribution in [0.3, 0.4) is 0 Å². The van der Waals surface area contributed by atoms with Crippen LogP contribution in [0.1, 0.15) is 10.4 Å². The van der Waals surface area contributed by atoms with Gasteiger partial charge in [-0.1, -0.05) is 11.6 Å². The van der Waals surface area contributed by atoms with Crippen LogP contribution in [0.2, 0.25) is 5.02 Å². The van der Waals surface area contributed by atoms with E-state index >= 15 is 0 Å². The highest BCUT2D eigenvalue weighted by molar-refractivity contribution is 7.89. The summed E-state index contributed by atoms with van der Waals surface area (Å²) < 4.78 is 22.2. The summed E-state index contributed by atoms with van der Waals surface area (Å²) in [6.45, 7) is 0. The fourth-order valence-electron chi connectivity index (χ4n) is 1.53. The number of benzene rings is 2. The molecule has 0 saturated heterocycles. The lowest BCUT2D eigenvalue weighted by Gasteiger charge is -2.06. The number of carbonyl (C=O) groups excluding carboxylic acids is 1. The molecule has 0 bridgehead atoms. The van der Waals surface area contributed by atoms with Gasteiger partial charge in [-0.05, 0) is 48.5 Å². The van der Waals surface area contributed by atoms with Gasteiger partial charge in [0.15, 0.2) is 0 Å². The van der Waals surface area contributed by atoms with Gasteiger partial charge in [-0.3, -0.25) is 4.79 Å². The van der Waals surface area contributed by atoms with Gasteiger partial charge in [0.25, 0.3) is 5.91 Å². The number of nitrogens with two attached hydrogens (primary N) is 1. The smallest absolute Gasteiger partial charge is 0.255 e. The second kappa shape index (κ2) is 5.62. The molecule has 2 aromatic carbocycles. The number of anilines is 1. The summed E-state index contributed by atoms with van der Waals surface area (Å²) in [6, 6.07) is 12.0. The zero-order chi connectivity index (χ0) is 14.8. The Balaban J connectivity index is 2.14. The molecule has 0 aromatic heterocycles. The van der Waals surface area contributed by atoms with Gasteiger partial charge in [-0.15, -0.1) is 0 Å². The quantitative estimate of drug-likeness (QED) is 0.911. The van der Waals surface area contributed by atoms with Crippen molar-refractivity contribution in [3.05, 3.63) is 59.1 Å². The van der Waals surface area contributed by atoms with Crippen LogP contribution in [0, 0.1) is 0 Å². The van der Waals surface area contributed by atoms with Crippen molar-refractivity contribution in [2.75, 3.05) is 5.32 Å². The van der Waals surface area contributed by atoms with Gasteiger partial charge in [-0.2, -0.15) is 0 Å². The van der Waals surface area contributed by atoms with E-state index in [0.717, 1.165) is 0 Å². The molecule has 0 radical (unpaired) electrons. The summed E-state index contributed by atoms with van der Waals surface area (Å²) >= 11 is 5.74. The maximum absolute atomic E-state index is 11.9. The zero-order valence-electron chi connectivity index (χ0n) is 10.2. The molecule has 0 aliphatic rings. The van der Waals surface area contributed by atoms with Crippen molar-refractivity contribution in [2.24, 2.45) is 5.14 Å². The largest absolute Gasteiger partial charge is 0.322 e.